The molecule has 2 aromatic heterocycles. The van der Waals surface area contributed by atoms with Gasteiger partial charge in [0, 0.05) is 68.2 Å². The molecule has 11 nitrogen and oxygen atoms in total. The van der Waals surface area contributed by atoms with Crippen LogP contribution in [0.5, 0.6) is 0 Å². The maximum absolute atomic E-state index is 13.2. The maximum Gasteiger partial charge on any atom is 0.244 e. The fourth-order valence-electron chi connectivity index (χ4n) is 4.70. The molecule has 0 saturated carbocycles. The summed E-state index contributed by atoms with van der Waals surface area (Å²) in [5.74, 6) is 2.51. The summed E-state index contributed by atoms with van der Waals surface area (Å²) in [5.41, 5.74) is 0.934. The second-order valence-corrected chi connectivity index (χ2v) is 12.2. The van der Waals surface area contributed by atoms with Gasteiger partial charge in [0.25, 0.3) is 0 Å². The van der Waals surface area contributed by atoms with E-state index < -0.39 is 10.0 Å². The highest BCUT2D eigenvalue weighted by Crippen LogP contribution is 2.30. The Labute approximate surface area is 232 Å². The lowest BCUT2D eigenvalue weighted by Gasteiger charge is -2.35. The number of rotatable bonds is 8. The first-order chi connectivity index (χ1) is 18.2. The average molecular weight is 581 g/mol. The largest absolute Gasteiger partial charge is 0.354 e. The zero-order valence-electron chi connectivity index (χ0n) is 21.3. The molecule has 0 unspecified atom stereocenters. The van der Waals surface area contributed by atoms with Crippen molar-refractivity contribution in [2.24, 2.45) is 0 Å². The molecule has 0 bridgehead atoms. The Hall–Kier alpha value is -2.64. The van der Waals surface area contributed by atoms with Gasteiger partial charge >= 0.3 is 0 Å². The number of aromatic amines is 1. The molecular weight excluding hydrogens is 549 g/mol. The molecule has 1 aromatic carbocycles. The number of piperazine rings is 1. The van der Waals surface area contributed by atoms with Crippen LogP contribution in [0.25, 0.3) is 0 Å². The highest BCUT2D eigenvalue weighted by Gasteiger charge is 2.34. The van der Waals surface area contributed by atoms with Crippen molar-refractivity contribution in [2.45, 2.75) is 31.2 Å². The third-order valence-corrected chi connectivity index (χ3v) is 9.40. The molecule has 38 heavy (non-hydrogen) atoms. The number of nitrogens with zero attached hydrogens (tertiary/aromatic N) is 6. The number of sulfonamides is 1. The van der Waals surface area contributed by atoms with Gasteiger partial charge in [-0.15, -0.1) is 0 Å². The summed E-state index contributed by atoms with van der Waals surface area (Å²) in [7, 11) is -3.77. The van der Waals surface area contributed by atoms with Crippen molar-refractivity contribution >= 4 is 56.6 Å². The Bertz CT molecular complexity index is 1390. The van der Waals surface area contributed by atoms with Gasteiger partial charge in [0.2, 0.25) is 16.0 Å². The molecule has 204 valence electrons. The summed E-state index contributed by atoms with van der Waals surface area (Å²) in [4.78, 5) is 14.2. The van der Waals surface area contributed by atoms with Gasteiger partial charge in [-0.25, -0.2) is 8.42 Å². The lowest BCUT2D eigenvalue weighted by molar-refractivity contribution is 0.270. The minimum Gasteiger partial charge on any atom is -0.354 e. The van der Waals surface area contributed by atoms with Crippen LogP contribution in [0.1, 0.15) is 19.0 Å². The maximum atomic E-state index is 13.2. The van der Waals surface area contributed by atoms with Crippen LogP contribution in [-0.4, -0.2) is 89.6 Å². The summed E-state index contributed by atoms with van der Waals surface area (Å²) in [5, 5.41) is 14.3. The molecule has 3 aromatic rings. The fraction of sp³-hybridized carbons (Fsp3) is 0.458. The quantitative estimate of drug-likeness (QED) is 0.367. The van der Waals surface area contributed by atoms with Gasteiger partial charge in [0.15, 0.2) is 5.82 Å². The number of anilines is 4. The van der Waals surface area contributed by atoms with Gasteiger partial charge in [-0.2, -0.15) is 19.4 Å². The Morgan fingerprint density at radius 3 is 2.53 bits per heavy atom. The molecule has 2 fully saturated rings. The van der Waals surface area contributed by atoms with Crippen LogP contribution in [0.15, 0.2) is 35.2 Å². The molecule has 2 aliphatic heterocycles. The number of hydrogen-bond donors (Lipinski definition) is 3. The number of benzene rings is 1. The molecule has 0 spiro atoms. The minimum atomic E-state index is -3.77. The molecule has 3 N–H and O–H groups in total. The smallest absolute Gasteiger partial charge is 0.244 e. The van der Waals surface area contributed by atoms with Crippen molar-refractivity contribution in [3.8, 4) is 0 Å². The first kappa shape index (κ1) is 26.9. The summed E-state index contributed by atoms with van der Waals surface area (Å²) >= 11 is 12.2. The van der Waals surface area contributed by atoms with Gasteiger partial charge in [-0.05, 0) is 38.1 Å². The highest BCUT2D eigenvalue weighted by molar-refractivity contribution is 7.89. The van der Waals surface area contributed by atoms with E-state index in [0.29, 0.717) is 35.6 Å². The molecule has 4 heterocycles. The molecule has 0 amide bonds. The first-order valence-electron chi connectivity index (χ1n) is 12.6. The number of aromatic nitrogens is 4. The molecule has 1 atom stereocenters. The van der Waals surface area contributed by atoms with Crippen LogP contribution in [0.3, 0.4) is 0 Å². The average Bonchev–Trinajstić information content (AvgIpc) is 3.53. The van der Waals surface area contributed by atoms with Crippen molar-refractivity contribution in [2.75, 3.05) is 61.3 Å². The molecule has 2 aliphatic rings. The lowest BCUT2D eigenvalue weighted by Crippen LogP contribution is -2.46. The van der Waals surface area contributed by atoms with E-state index in [2.05, 4.69) is 42.5 Å². The second kappa shape index (κ2) is 11.2. The second-order valence-electron chi connectivity index (χ2n) is 9.49. The third kappa shape index (κ3) is 5.99. The SMILES string of the molecule is CCN1CCN(c2cc(Nc3cc(C)[nH]n3)nc(N[C@H]3CCN(S(=O)(=O)c4ccc(Cl)cc4Cl)C3)n2)CC1. The molecular formula is C24H31Cl2N9O2S. The number of H-pyrrole nitrogens is 1. The summed E-state index contributed by atoms with van der Waals surface area (Å²) in [6.07, 6.45) is 0.606. The van der Waals surface area contributed by atoms with Gasteiger partial charge in [-0.3, -0.25) is 5.10 Å². The van der Waals surface area contributed by atoms with Crippen LogP contribution < -0.4 is 15.5 Å². The van der Waals surface area contributed by atoms with E-state index in [9.17, 15) is 8.42 Å². The van der Waals surface area contributed by atoms with E-state index in [4.69, 9.17) is 28.2 Å². The van der Waals surface area contributed by atoms with Crippen molar-refractivity contribution in [3.05, 3.63) is 46.1 Å². The summed E-state index contributed by atoms with van der Waals surface area (Å²) < 4.78 is 27.9. The highest BCUT2D eigenvalue weighted by atomic mass is 35.5. The predicted octanol–water partition coefficient (Wildman–Crippen LogP) is 3.58. The van der Waals surface area contributed by atoms with Crippen LogP contribution in [0.2, 0.25) is 10.0 Å². The standard InChI is InChI=1S/C24H31Cl2N9O2S/c1-3-33-8-10-34(11-9-33)23-14-21(28-22-12-16(2)31-32-22)29-24(30-23)27-18-6-7-35(15-18)38(36,37)20-5-4-17(25)13-19(20)26/h4-5,12-14,18H,3,6-11,15H2,1-2H3,(H3,27,28,29,30,31,32)/t18-/m0/s1. The molecule has 0 radical (unpaired) electrons. The van der Waals surface area contributed by atoms with Crippen LogP contribution in [0.4, 0.5) is 23.4 Å². The Kier molecular flexibility index (Phi) is 7.96. The van der Waals surface area contributed by atoms with Gasteiger partial charge in [0.05, 0.1) is 5.02 Å². The van der Waals surface area contributed by atoms with Gasteiger partial charge < -0.3 is 20.4 Å². The monoisotopic (exact) mass is 579 g/mol. The number of halogens is 2. The molecule has 2 saturated heterocycles. The van der Waals surface area contributed by atoms with Gasteiger partial charge in [0.1, 0.15) is 16.5 Å². The molecule has 5 rings (SSSR count). The third-order valence-electron chi connectivity index (χ3n) is 6.81. The van der Waals surface area contributed by atoms with E-state index in [1.807, 2.05) is 19.1 Å². The number of likely N-dealkylation sites (N-methyl/N-ethyl adjacent to an activating group) is 1. The summed E-state index contributed by atoms with van der Waals surface area (Å²) in [6, 6.07) is 8.07. The van der Waals surface area contributed by atoms with Crippen molar-refractivity contribution < 1.29 is 8.42 Å². The first-order valence-corrected chi connectivity index (χ1v) is 14.8. The Balaban J connectivity index is 1.34. The predicted molar refractivity (Wildman–Crippen MR) is 150 cm³/mol. The van der Waals surface area contributed by atoms with E-state index in [0.717, 1.165) is 44.2 Å². The van der Waals surface area contributed by atoms with Crippen molar-refractivity contribution in [1.82, 2.24) is 29.4 Å². The Morgan fingerprint density at radius 1 is 1.05 bits per heavy atom. The molecule has 0 aliphatic carbocycles. The fourth-order valence-corrected chi connectivity index (χ4v) is 6.95. The van der Waals surface area contributed by atoms with Crippen molar-refractivity contribution in [1.29, 1.82) is 0 Å². The minimum absolute atomic E-state index is 0.0504. The van der Waals surface area contributed by atoms with E-state index in [-0.39, 0.29) is 22.5 Å². The van der Waals surface area contributed by atoms with E-state index in [1.54, 1.807) is 0 Å². The van der Waals surface area contributed by atoms with Crippen LogP contribution >= 0.6 is 23.2 Å². The van der Waals surface area contributed by atoms with Crippen LogP contribution in [0, 0.1) is 6.92 Å². The summed E-state index contributed by atoms with van der Waals surface area (Å²) in [6.45, 7) is 9.41. The topological polar surface area (TPSA) is 122 Å². The Morgan fingerprint density at radius 2 is 1.84 bits per heavy atom. The lowest BCUT2D eigenvalue weighted by atomic mass is 10.3. The zero-order chi connectivity index (χ0) is 26.9. The normalized spacial score (nSPS) is 19.2. The van der Waals surface area contributed by atoms with E-state index >= 15 is 0 Å². The number of hydrogen-bond acceptors (Lipinski definition) is 9. The van der Waals surface area contributed by atoms with E-state index in [1.165, 1.54) is 22.5 Å². The van der Waals surface area contributed by atoms with Crippen molar-refractivity contribution in [3.63, 3.8) is 0 Å². The van der Waals surface area contributed by atoms with Gasteiger partial charge in [-0.1, -0.05) is 30.1 Å². The van der Waals surface area contributed by atoms with Crippen LogP contribution in [-0.2, 0) is 10.0 Å². The number of nitrogens with one attached hydrogen (secondary N) is 3. The zero-order valence-corrected chi connectivity index (χ0v) is 23.6. The molecule has 14 heteroatoms. The number of aryl methyl sites for hydroxylation is 1.